The van der Waals surface area contributed by atoms with Crippen LogP contribution in [0.2, 0.25) is 0 Å². The first-order valence-electron chi connectivity index (χ1n) is 10.6. The van der Waals surface area contributed by atoms with E-state index in [1.165, 1.54) is 6.92 Å². The Kier molecular flexibility index (Phi) is 6.30. The Balaban J connectivity index is 1.17. The van der Waals surface area contributed by atoms with Gasteiger partial charge < -0.3 is 24.3 Å². The molecule has 168 valence electrons. The number of Topliss-reactive ketones (excluding diaryl/α,β-unsaturated/α-hetero) is 1. The number of benzene rings is 2. The molecule has 0 saturated heterocycles. The van der Waals surface area contributed by atoms with Crippen LogP contribution in [0.15, 0.2) is 42.5 Å². The highest BCUT2D eigenvalue weighted by Gasteiger charge is 2.44. The Morgan fingerprint density at radius 1 is 1.00 bits per heavy atom. The van der Waals surface area contributed by atoms with E-state index in [0.717, 1.165) is 25.7 Å². The van der Waals surface area contributed by atoms with E-state index >= 15 is 0 Å². The van der Waals surface area contributed by atoms with E-state index in [-0.39, 0.29) is 18.8 Å². The molecule has 0 radical (unpaired) electrons. The largest absolute Gasteiger partial charge is 0.493 e. The lowest BCUT2D eigenvalue weighted by Gasteiger charge is -2.21. The van der Waals surface area contributed by atoms with Crippen molar-refractivity contribution in [1.29, 1.82) is 0 Å². The van der Waals surface area contributed by atoms with Crippen LogP contribution in [-0.4, -0.2) is 36.7 Å². The average molecular weight is 439 g/mol. The fourth-order valence-electron chi connectivity index (χ4n) is 3.74. The summed E-state index contributed by atoms with van der Waals surface area (Å²) in [7, 11) is 0. The first-order chi connectivity index (χ1) is 15.4. The highest BCUT2D eigenvalue weighted by Crippen LogP contribution is 2.47. The van der Waals surface area contributed by atoms with Crippen molar-refractivity contribution in [2.75, 3.05) is 18.5 Å². The highest BCUT2D eigenvalue weighted by atomic mass is 16.7. The summed E-state index contributed by atoms with van der Waals surface area (Å²) in [4.78, 5) is 35.3. The van der Waals surface area contributed by atoms with E-state index in [1.54, 1.807) is 42.5 Å². The maximum absolute atomic E-state index is 12.1. The summed E-state index contributed by atoms with van der Waals surface area (Å²) in [5.74, 6) is 0.239. The number of fused-ring (bicyclic) bond motifs is 1. The van der Waals surface area contributed by atoms with Crippen LogP contribution in [-0.2, 0) is 14.3 Å². The van der Waals surface area contributed by atoms with Crippen LogP contribution in [0.3, 0.4) is 0 Å². The number of rotatable bonds is 8. The number of esters is 1. The molecule has 1 aliphatic carbocycles. The second kappa shape index (κ2) is 9.30. The molecule has 1 heterocycles. The van der Waals surface area contributed by atoms with Gasteiger partial charge in [0.25, 0.3) is 11.7 Å². The Labute approximate surface area is 185 Å². The molecule has 0 bridgehead atoms. The van der Waals surface area contributed by atoms with Crippen molar-refractivity contribution in [3.63, 3.8) is 0 Å². The molecular weight excluding hydrogens is 414 g/mol. The summed E-state index contributed by atoms with van der Waals surface area (Å²) in [6, 6.07) is 11.8. The fraction of sp³-hybridized carbons (Fsp3) is 0.375. The van der Waals surface area contributed by atoms with Crippen LogP contribution in [0.4, 0.5) is 5.69 Å². The number of nitrogens with one attached hydrogen (secondary N) is 1. The van der Waals surface area contributed by atoms with Gasteiger partial charge in [0.05, 0.1) is 13.0 Å². The van der Waals surface area contributed by atoms with E-state index in [1.807, 2.05) is 0 Å². The van der Waals surface area contributed by atoms with Gasteiger partial charge in [0.2, 0.25) is 0 Å². The Morgan fingerprint density at radius 2 is 1.72 bits per heavy atom. The van der Waals surface area contributed by atoms with Crippen LogP contribution in [0.1, 0.15) is 49.4 Å². The monoisotopic (exact) mass is 439 g/mol. The Bertz CT molecular complexity index is 1010. The van der Waals surface area contributed by atoms with Crippen molar-refractivity contribution in [2.24, 2.45) is 0 Å². The molecular formula is C24H25NO7. The van der Waals surface area contributed by atoms with Crippen LogP contribution < -0.4 is 19.5 Å². The number of anilines is 1. The molecule has 8 nitrogen and oxygen atoms in total. The van der Waals surface area contributed by atoms with Crippen molar-refractivity contribution in [2.45, 2.75) is 44.8 Å². The molecule has 2 aromatic carbocycles. The highest BCUT2D eigenvalue weighted by molar-refractivity contribution is 5.94. The summed E-state index contributed by atoms with van der Waals surface area (Å²) in [6.07, 6.45) is 3.84. The average Bonchev–Trinajstić information content (AvgIpc) is 3.38. The summed E-state index contributed by atoms with van der Waals surface area (Å²) >= 11 is 0. The van der Waals surface area contributed by atoms with Gasteiger partial charge >= 0.3 is 5.97 Å². The van der Waals surface area contributed by atoms with Crippen LogP contribution in [0, 0.1) is 0 Å². The van der Waals surface area contributed by atoms with Gasteiger partial charge in [-0.15, -0.1) is 0 Å². The maximum Gasteiger partial charge on any atom is 0.309 e. The molecule has 32 heavy (non-hydrogen) atoms. The summed E-state index contributed by atoms with van der Waals surface area (Å²) in [5, 5.41) is 2.69. The molecule has 0 unspecified atom stereocenters. The minimum absolute atomic E-state index is 0.00610. The smallest absolute Gasteiger partial charge is 0.309 e. The van der Waals surface area contributed by atoms with Crippen LogP contribution >= 0.6 is 0 Å². The number of amides is 1. The Hall–Kier alpha value is -3.55. The number of carbonyl (C=O) groups is 3. The molecule has 4 rings (SSSR count). The molecule has 0 aromatic heterocycles. The minimum atomic E-state index is -0.558. The van der Waals surface area contributed by atoms with Crippen molar-refractivity contribution in [1.82, 2.24) is 0 Å². The molecule has 1 N–H and O–H groups in total. The summed E-state index contributed by atoms with van der Waals surface area (Å²) in [6.45, 7) is 1.19. The zero-order chi connectivity index (χ0) is 22.6. The fourth-order valence-corrected chi connectivity index (χ4v) is 3.74. The normalized spacial score (nSPS) is 15.4. The van der Waals surface area contributed by atoms with Crippen molar-refractivity contribution < 1.29 is 33.3 Å². The zero-order valence-corrected chi connectivity index (χ0v) is 17.8. The quantitative estimate of drug-likeness (QED) is 0.492. The van der Waals surface area contributed by atoms with Gasteiger partial charge in [-0.25, -0.2) is 0 Å². The van der Waals surface area contributed by atoms with Gasteiger partial charge in [0.15, 0.2) is 23.9 Å². The van der Waals surface area contributed by atoms with Gasteiger partial charge in [0, 0.05) is 30.2 Å². The lowest BCUT2D eigenvalue weighted by Crippen LogP contribution is -2.34. The third kappa shape index (κ3) is 5.19. The van der Waals surface area contributed by atoms with E-state index in [2.05, 4.69) is 5.32 Å². The summed E-state index contributed by atoms with van der Waals surface area (Å²) < 4.78 is 22.4. The van der Waals surface area contributed by atoms with E-state index < -0.39 is 24.3 Å². The third-order valence-electron chi connectivity index (χ3n) is 5.38. The van der Waals surface area contributed by atoms with Crippen LogP contribution in [0.5, 0.6) is 17.2 Å². The first-order valence-corrected chi connectivity index (χ1v) is 10.6. The second-order valence-corrected chi connectivity index (χ2v) is 7.87. The van der Waals surface area contributed by atoms with Crippen molar-refractivity contribution >= 4 is 23.3 Å². The molecule has 8 heteroatoms. The molecule has 1 aliphatic heterocycles. The van der Waals surface area contributed by atoms with Gasteiger partial charge in [-0.2, -0.15) is 0 Å². The number of ketones is 1. The van der Waals surface area contributed by atoms with Gasteiger partial charge in [-0.05, 0) is 56.2 Å². The van der Waals surface area contributed by atoms with Gasteiger partial charge in [-0.3, -0.25) is 14.4 Å². The summed E-state index contributed by atoms with van der Waals surface area (Å²) in [5.41, 5.74) is 1.13. The number of hydrogen-bond acceptors (Lipinski definition) is 7. The molecule has 2 aliphatic rings. The van der Waals surface area contributed by atoms with Crippen molar-refractivity contribution in [3.05, 3.63) is 48.0 Å². The van der Waals surface area contributed by atoms with E-state index in [9.17, 15) is 14.4 Å². The second-order valence-electron chi connectivity index (χ2n) is 7.87. The van der Waals surface area contributed by atoms with E-state index in [4.69, 9.17) is 18.9 Å². The molecule has 1 amide bonds. The zero-order valence-electron chi connectivity index (χ0n) is 17.8. The van der Waals surface area contributed by atoms with Crippen molar-refractivity contribution in [3.8, 4) is 17.2 Å². The number of ether oxygens (including phenoxy) is 4. The topological polar surface area (TPSA) is 100 Å². The Morgan fingerprint density at radius 3 is 2.44 bits per heavy atom. The molecule has 1 fully saturated rings. The first kappa shape index (κ1) is 21.7. The molecule has 2 aromatic rings. The standard InChI is InChI=1S/C24H25NO7/c1-16(26)17-4-7-19(8-5-17)29-13-10-23(28)30-15-22(27)25-18-6-9-20-21(14-18)32-24(31-20)11-2-3-12-24/h4-9,14H,2-3,10-13,15H2,1H3,(H,25,27). The maximum atomic E-state index is 12.1. The van der Waals surface area contributed by atoms with Crippen LogP contribution in [0.25, 0.3) is 0 Å². The molecule has 1 saturated carbocycles. The number of carbonyl (C=O) groups excluding carboxylic acids is 3. The predicted octanol–water partition coefficient (Wildman–Crippen LogP) is 3.88. The van der Waals surface area contributed by atoms with Gasteiger partial charge in [0.1, 0.15) is 5.75 Å². The lowest BCUT2D eigenvalue weighted by molar-refractivity contribution is -0.147. The third-order valence-corrected chi connectivity index (χ3v) is 5.38. The predicted molar refractivity (Wildman–Crippen MR) is 115 cm³/mol. The SMILES string of the molecule is CC(=O)c1ccc(OCCC(=O)OCC(=O)Nc2ccc3c(c2)OC2(CCCC2)O3)cc1. The lowest BCUT2D eigenvalue weighted by atomic mass is 10.1. The van der Waals surface area contributed by atoms with E-state index in [0.29, 0.717) is 28.5 Å². The van der Waals surface area contributed by atoms with Gasteiger partial charge in [-0.1, -0.05) is 0 Å². The minimum Gasteiger partial charge on any atom is -0.493 e. The number of hydrogen-bond donors (Lipinski definition) is 1. The molecule has 0 atom stereocenters. The molecule has 1 spiro atoms.